The van der Waals surface area contributed by atoms with Gasteiger partial charge in [0.25, 0.3) is 5.91 Å². The maximum atomic E-state index is 12.9. The molecule has 2 aromatic heterocycles. The monoisotopic (exact) mass is 570 g/mol. The molecule has 0 aliphatic carbocycles. The van der Waals surface area contributed by atoms with E-state index in [1.807, 2.05) is 29.1 Å². The average Bonchev–Trinajstić information content (AvgIpc) is 2.81. The standard InChI is InChI=1S/C22H20Cl2N4O4S3/c23-15-7-12(8-16(24)25-15)9-17(33)26-18-20(30)28-19(22(31)32)13(11-35-21(18)28)10-34-14-1-3-27(4-2-14)5-6-29/h1-4,7-8,18,21,29H,5-6,9-11H2,(H-,26,31,32,33)/t18-,21-/m1/s1. The Balaban J connectivity index is 1.41. The van der Waals surface area contributed by atoms with Crippen LogP contribution < -0.4 is 15.0 Å². The van der Waals surface area contributed by atoms with E-state index in [1.54, 1.807) is 12.1 Å². The van der Waals surface area contributed by atoms with E-state index in [0.29, 0.717) is 35.0 Å². The predicted octanol–water partition coefficient (Wildman–Crippen LogP) is 1.21. The number of aliphatic hydroxyl groups is 1. The number of aliphatic carboxylic acids is 1. The normalized spacial score (nSPS) is 19.3. The van der Waals surface area contributed by atoms with Crippen LogP contribution in [0.4, 0.5) is 0 Å². The van der Waals surface area contributed by atoms with Crippen molar-refractivity contribution in [2.45, 2.75) is 29.3 Å². The number of carboxylic acid groups (broad SMARTS) is 1. The van der Waals surface area contributed by atoms with Crippen molar-refractivity contribution < 1.29 is 24.4 Å². The first-order chi connectivity index (χ1) is 16.8. The van der Waals surface area contributed by atoms with Crippen LogP contribution in [0.2, 0.25) is 10.3 Å². The van der Waals surface area contributed by atoms with E-state index < -0.39 is 12.0 Å². The van der Waals surface area contributed by atoms with E-state index in [9.17, 15) is 14.7 Å². The summed E-state index contributed by atoms with van der Waals surface area (Å²) in [5, 5.41) is 24.2. The van der Waals surface area contributed by atoms with Crippen molar-refractivity contribution in [3.05, 3.63) is 63.8 Å². The maximum Gasteiger partial charge on any atom is 0.253 e. The van der Waals surface area contributed by atoms with Crippen LogP contribution in [-0.4, -0.2) is 61.4 Å². The predicted molar refractivity (Wildman–Crippen MR) is 137 cm³/mol. The minimum Gasteiger partial charge on any atom is -0.543 e. The number of rotatable bonds is 9. The Kier molecular flexibility index (Phi) is 8.56. The Morgan fingerprint density at radius 1 is 1.34 bits per heavy atom. The number of carbonyl (C=O) groups excluding carboxylic acids is 2. The van der Waals surface area contributed by atoms with Crippen molar-refractivity contribution in [3.8, 4) is 0 Å². The van der Waals surface area contributed by atoms with Crippen LogP contribution in [0.5, 0.6) is 0 Å². The molecular formula is C22H20Cl2N4O4S3. The van der Waals surface area contributed by atoms with Gasteiger partial charge in [0, 0.05) is 35.0 Å². The molecule has 0 radical (unpaired) electrons. The highest BCUT2D eigenvalue weighted by molar-refractivity contribution is 8.01. The number of pyridine rings is 2. The van der Waals surface area contributed by atoms with Crippen LogP contribution in [0, 0.1) is 0 Å². The minimum atomic E-state index is -1.37. The zero-order valence-corrected chi connectivity index (χ0v) is 22.1. The Bertz CT molecular complexity index is 1180. The van der Waals surface area contributed by atoms with Gasteiger partial charge < -0.3 is 20.3 Å². The molecular weight excluding hydrogens is 551 g/mol. The lowest BCUT2D eigenvalue weighted by molar-refractivity contribution is -0.698. The highest BCUT2D eigenvalue weighted by Gasteiger charge is 2.52. The number of aromatic nitrogens is 2. The largest absolute Gasteiger partial charge is 0.543 e. The quantitative estimate of drug-likeness (QED) is 0.151. The molecule has 4 rings (SSSR count). The van der Waals surface area contributed by atoms with Gasteiger partial charge in [-0.05, 0) is 23.3 Å². The highest BCUT2D eigenvalue weighted by atomic mass is 35.5. The molecule has 1 saturated heterocycles. The number of halogens is 2. The lowest BCUT2D eigenvalue weighted by atomic mass is 10.0. The first kappa shape index (κ1) is 26.2. The van der Waals surface area contributed by atoms with Gasteiger partial charge in [-0.25, -0.2) is 9.55 Å². The zero-order valence-electron chi connectivity index (χ0n) is 18.1. The molecule has 184 valence electrons. The Morgan fingerprint density at radius 2 is 2.03 bits per heavy atom. The third-order valence-electron chi connectivity index (χ3n) is 5.38. The highest BCUT2D eigenvalue weighted by Crippen LogP contribution is 2.41. The van der Waals surface area contributed by atoms with Crippen molar-refractivity contribution in [2.24, 2.45) is 0 Å². The molecule has 2 aliphatic rings. The Hall–Kier alpha value is -1.89. The summed E-state index contributed by atoms with van der Waals surface area (Å²) >= 11 is 20.2. The molecule has 2 atom stereocenters. The minimum absolute atomic E-state index is 0.0499. The van der Waals surface area contributed by atoms with Gasteiger partial charge >= 0.3 is 0 Å². The number of fused-ring (bicyclic) bond motifs is 1. The van der Waals surface area contributed by atoms with Crippen LogP contribution in [0.1, 0.15) is 5.56 Å². The number of thioether (sulfide) groups is 2. The number of aliphatic hydroxyl groups excluding tert-OH is 1. The number of hydrogen-bond donors (Lipinski definition) is 2. The smallest absolute Gasteiger partial charge is 0.253 e. The Morgan fingerprint density at radius 3 is 2.66 bits per heavy atom. The van der Waals surface area contributed by atoms with E-state index >= 15 is 0 Å². The molecule has 0 saturated carbocycles. The third-order valence-corrected chi connectivity index (χ3v) is 8.46. The second-order valence-corrected chi connectivity index (χ2v) is 11.2. The topological polar surface area (TPSA) is 109 Å². The van der Waals surface area contributed by atoms with E-state index in [4.69, 9.17) is 40.5 Å². The molecule has 4 heterocycles. The molecule has 2 aliphatic heterocycles. The summed E-state index contributed by atoms with van der Waals surface area (Å²) in [6.45, 7) is 0.553. The lowest BCUT2D eigenvalue weighted by Crippen LogP contribution is -2.71. The summed E-state index contributed by atoms with van der Waals surface area (Å²) in [6.07, 6.45) is 4.02. The fourth-order valence-electron chi connectivity index (χ4n) is 3.78. The molecule has 8 nitrogen and oxygen atoms in total. The molecule has 1 amide bonds. The summed E-state index contributed by atoms with van der Waals surface area (Å²) in [6, 6.07) is 6.46. The SMILES string of the molecule is O=C([O-])C1=C(CSc2cc[n+](CCO)cc2)CS[C@@H]2[C@H](NC(=S)Cc3cc(Cl)nc(Cl)c3)C(=O)N12. The summed E-state index contributed by atoms with van der Waals surface area (Å²) in [4.78, 5) is 31.4. The van der Waals surface area contributed by atoms with E-state index in [1.165, 1.54) is 28.4 Å². The molecule has 0 unspecified atom stereocenters. The molecule has 2 aromatic rings. The molecule has 2 N–H and O–H groups in total. The Labute approximate surface area is 225 Å². The number of nitrogens with one attached hydrogen (secondary N) is 1. The number of β-lactam (4-membered cyclic amide) rings is 1. The van der Waals surface area contributed by atoms with Crippen LogP contribution in [0.3, 0.4) is 0 Å². The van der Waals surface area contributed by atoms with Gasteiger partial charge in [0.2, 0.25) is 0 Å². The van der Waals surface area contributed by atoms with Crippen LogP contribution in [0.15, 0.2) is 52.8 Å². The average molecular weight is 572 g/mol. The molecule has 0 aromatic carbocycles. The number of thiocarbonyl (C=S) groups is 1. The van der Waals surface area contributed by atoms with Crippen LogP contribution in [-0.2, 0) is 22.6 Å². The van der Waals surface area contributed by atoms with Crippen molar-refractivity contribution in [2.75, 3.05) is 18.1 Å². The number of carbonyl (C=O) groups is 2. The molecule has 1 fully saturated rings. The van der Waals surface area contributed by atoms with Crippen molar-refractivity contribution in [1.82, 2.24) is 15.2 Å². The second-order valence-electron chi connectivity index (χ2n) is 7.78. The van der Waals surface area contributed by atoms with Crippen LogP contribution in [0.25, 0.3) is 0 Å². The zero-order chi connectivity index (χ0) is 25.1. The van der Waals surface area contributed by atoms with Gasteiger partial charge in [-0.15, -0.1) is 23.5 Å². The van der Waals surface area contributed by atoms with Gasteiger partial charge in [-0.1, -0.05) is 35.4 Å². The van der Waals surface area contributed by atoms with Gasteiger partial charge in [-0.3, -0.25) is 9.69 Å². The van der Waals surface area contributed by atoms with Crippen molar-refractivity contribution in [3.63, 3.8) is 0 Å². The number of amides is 1. The summed E-state index contributed by atoms with van der Waals surface area (Å²) in [5.74, 6) is -0.850. The first-order valence-electron chi connectivity index (χ1n) is 10.5. The molecule has 35 heavy (non-hydrogen) atoms. The van der Waals surface area contributed by atoms with Gasteiger partial charge in [0.05, 0.1) is 16.7 Å². The van der Waals surface area contributed by atoms with Gasteiger partial charge in [0.15, 0.2) is 18.9 Å². The number of hydrogen-bond acceptors (Lipinski definition) is 8. The molecule has 0 spiro atoms. The lowest BCUT2D eigenvalue weighted by Gasteiger charge is -2.51. The second kappa shape index (κ2) is 11.4. The summed E-state index contributed by atoms with van der Waals surface area (Å²) in [7, 11) is 0. The van der Waals surface area contributed by atoms with Crippen molar-refractivity contribution >= 4 is 75.8 Å². The van der Waals surface area contributed by atoms with Gasteiger partial charge in [0.1, 0.15) is 28.3 Å². The molecule has 0 bridgehead atoms. The van der Waals surface area contributed by atoms with Crippen LogP contribution >= 0.6 is 58.9 Å². The summed E-state index contributed by atoms with van der Waals surface area (Å²) < 4.78 is 1.85. The van der Waals surface area contributed by atoms with E-state index in [2.05, 4.69) is 10.3 Å². The fraction of sp³-hybridized carbons (Fsp3) is 0.318. The van der Waals surface area contributed by atoms with E-state index in [0.717, 1.165) is 10.5 Å². The first-order valence-corrected chi connectivity index (χ1v) is 13.7. The fourth-order valence-corrected chi connectivity index (χ4v) is 6.95. The number of nitrogens with zero attached hydrogens (tertiary/aromatic N) is 3. The summed E-state index contributed by atoms with van der Waals surface area (Å²) in [5.41, 5.74) is 1.33. The van der Waals surface area contributed by atoms with Gasteiger partial charge in [-0.2, -0.15) is 0 Å². The third kappa shape index (κ3) is 6.10. The van der Waals surface area contributed by atoms with Crippen molar-refractivity contribution in [1.29, 1.82) is 0 Å². The number of carboxylic acids is 1. The maximum absolute atomic E-state index is 12.9. The molecule has 13 heteroatoms. The van der Waals surface area contributed by atoms with E-state index in [-0.39, 0.29) is 33.9 Å².